The minimum atomic E-state index is -0.723. The predicted octanol–water partition coefficient (Wildman–Crippen LogP) is 2.28. The Balaban J connectivity index is 1.93. The first-order chi connectivity index (χ1) is 10.5. The van der Waals surface area contributed by atoms with Crippen molar-refractivity contribution in [3.63, 3.8) is 0 Å². The smallest absolute Gasteiger partial charge is 0.395 e. The molecule has 22 heavy (non-hydrogen) atoms. The number of hydrogen-bond acceptors (Lipinski definition) is 5. The lowest BCUT2D eigenvalue weighted by atomic mass is 10.2. The molecule has 8 nitrogen and oxygen atoms in total. The highest BCUT2D eigenvalue weighted by molar-refractivity contribution is 6.07. The Labute approximate surface area is 122 Å². The topological polar surface area (TPSA) is 118 Å². The molecule has 1 aromatic carbocycles. The number of rotatable bonds is 3. The average molecular weight is 299 g/mol. The largest absolute Gasteiger partial charge is 0.433 e. The molecule has 2 heterocycles. The van der Waals surface area contributed by atoms with Crippen molar-refractivity contribution >= 4 is 28.4 Å². The zero-order valence-electron chi connectivity index (χ0n) is 11.0. The minimum Gasteiger partial charge on any atom is -0.395 e. The molecule has 1 amide bonds. The lowest BCUT2D eigenvalue weighted by Crippen LogP contribution is -2.12. The monoisotopic (exact) mass is 299 g/mol. The number of pyridine rings is 1. The van der Waals surface area contributed by atoms with E-state index in [1.165, 1.54) is 12.1 Å². The van der Waals surface area contributed by atoms with Crippen LogP contribution >= 0.6 is 0 Å². The number of hydrogen-bond donors (Lipinski definition) is 2. The van der Waals surface area contributed by atoms with Gasteiger partial charge >= 0.3 is 5.88 Å². The summed E-state index contributed by atoms with van der Waals surface area (Å²) in [6.07, 6.45) is 0. The van der Waals surface area contributed by atoms with E-state index in [-0.39, 0.29) is 11.3 Å². The highest BCUT2D eigenvalue weighted by Gasteiger charge is 2.17. The van der Waals surface area contributed by atoms with Crippen LogP contribution < -0.4 is 10.9 Å². The predicted molar refractivity (Wildman–Crippen MR) is 77.9 cm³/mol. The summed E-state index contributed by atoms with van der Waals surface area (Å²) in [6.45, 7) is 0. The van der Waals surface area contributed by atoms with Gasteiger partial charge in [0, 0.05) is 11.5 Å². The number of carbonyl (C=O) groups excluding carboxylic acids is 1. The van der Waals surface area contributed by atoms with Gasteiger partial charge < -0.3 is 14.7 Å². The summed E-state index contributed by atoms with van der Waals surface area (Å²) in [4.78, 5) is 35.8. The fourth-order valence-corrected chi connectivity index (χ4v) is 2.03. The zero-order valence-corrected chi connectivity index (χ0v) is 11.0. The van der Waals surface area contributed by atoms with Gasteiger partial charge in [-0.1, -0.05) is 6.07 Å². The van der Waals surface area contributed by atoms with Crippen LogP contribution in [0.2, 0.25) is 0 Å². The number of nitrogens with zero attached hydrogens (tertiary/aromatic N) is 1. The third-order valence-electron chi connectivity index (χ3n) is 3.01. The van der Waals surface area contributed by atoms with Crippen molar-refractivity contribution in [2.45, 2.75) is 0 Å². The maximum Gasteiger partial charge on any atom is 0.433 e. The first kappa shape index (κ1) is 13.6. The number of carbonyl (C=O) groups is 1. The fraction of sp³-hybridized carbons (Fsp3) is 0. The zero-order chi connectivity index (χ0) is 15.7. The molecule has 0 atom stereocenters. The van der Waals surface area contributed by atoms with E-state index in [1.54, 1.807) is 24.3 Å². The Bertz CT molecular complexity index is 941. The molecule has 2 N–H and O–H groups in total. The third kappa shape index (κ3) is 2.44. The maximum atomic E-state index is 12.1. The summed E-state index contributed by atoms with van der Waals surface area (Å²) in [7, 11) is 0. The molecule has 3 aromatic rings. The number of aromatic nitrogens is 1. The van der Waals surface area contributed by atoms with Crippen LogP contribution in [0.3, 0.4) is 0 Å². The molecule has 0 bridgehead atoms. The van der Waals surface area contributed by atoms with Crippen LogP contribution in [0.4, 0.5) is 11.6 Å². The van der Waals surface area contributed by atoms with E-state index in [9.17, 15) is 19.7 Å². The van der Waals surface area contributed by atoms with Crippen molar-refractivity contribution in [3.8, 4) is 0 Å². The Morgan fingerprint density at radius 3 is 2.73 bits per heavy atom. The Kier molecular flexibility index (Phi) is 3.18. The van der Waals surface area contributed by atoms with Crippen LogP contribution in [-0.4, -0.2) is 15.8 Å². The van der Waals surface area contributed by atoms with Crippen LogP contribution in [0.1, 0.15) is 10.6 Å². The number of anilines is 1. The van der Waals surface area contributed by atoms with Gasteiger partial charge in [0.25, 0.3) is 5.91 Å². The van der Waals surface area contributed by atoms with E-state index < -0.39 is 16.7 Å². The van der Waals surface area contributed by atoms with Crippen molar-refractivity contribution in [3.05, 3.63) is 68.7 Å². The normalized spacial score (nSPS) is 10.5. The Morgan fingerprint density at radius 2 is 2.00 bits per heavy atom. The molecule has 0 radical (unpaired) electrons. The van der Waals surface area contributed by atoms with Crippen molar-refractivity contribution in [2.75, 3.05) is 5.32 Å². The van der Waals surface area contributed by atoms with Gasteiger partial charge in [0.15, 0.2) is 5.76 Å². The molecular formula is C14H9N3O5. The molecule has 2 aromatic heterocycles. The summed E-state index contributed by atoms with van der Waals surface area (Å²) in [5, 5.41) is 13.8. The van der Waals surface area contributed by atoms with Crippen LogP contribution in [-0.2, 0) is 0 Å². The van der Waals surface area contributed by atoms with Crippen molar-refractivity contribution < 1.29 is 14.1 Å². The van der Waals surface area contributed by atoms with Gasteiger partial charge in [-0.3, -0.25) is 19.7 Å². The number of fused-ring (bicyclic) bond motifs is 1. The first-order valence-corrected chi connectivity index (χ1v) is 6.22. The summed E-state index contributed by atoms with van der Waals surface area (Å²) in [6, 6.07) is 10.3. The number of amides is 1. The molecule has 0 unspecified atom stereocenters. The highest BCUT2D eigenvalue weighted by atomic mass is 16.6. The first-order valence-electron chi connectivity index (χ1n) is 6.22. The molecule has 0 saturated heterocycles. The number of nitrogens with one attached hydrogen (secondary N) is 2. The molecular weight excluding hydrogens is 290 g/mol. The van der Waals surface area contributed by atoms with Crippen molar-refractivity contribution in [1.29, 1.82) is 0 Å². The lowest BCUT2D eigenvalue weighted by molar-refractivity contribution is -0.402. The quantitative estimate of drug-likeness (QED) is 0.568. The van der Waals surface area contributed by atoms with E-state index in [0.29, 0.717) is 16.6 Å². The van der Waals surface area contributed by atoms with E-state index in [1.807, 2.05) is 0 Å². The van der Waals surface area contributed by atoms with Crippen LogP contribution in [0.15, 0.2) is 51.7 Å². The van der Waals surface area contributed by atoms with E-state index >= 15 is 0 Å². The number of H-pyrrole nitrogens is 1. The number of benzene rings is 1. The van der Waals surface area contributed by atoms with E-state index in [2.05, 4.69) is 10.3 Å². The second-order valence-electron chi connectivity index (χ2n) is 4.44. The molecule has 110 valence electrons. The standard InChI is InChI=1S/C14H9N3O5/c18-12-6-4-8-9(15-12)2-1-3-10(8)16-14(19)11-5-7-13(22-11)17(20)21/h1-7H,(H,15,18)(H,16,19). The van der Waals surface area contributed by atoms with Gasteiger partial charge in [0.05, 0.1) is 17.3 Å². The molecule has 0 aliphatic rings. The fourth-order valence-electron chi connectivity index (χ4n) is 2.03. The molecule has 0 aliphatic heterocycles. The van der Waals surface area contributed by atoms with E-state index in [0.717, 1.165) is 6.07 Å². The summed E-state index contributed by atoms with van der Waals surface area (Å²) >= 11 is 0. The van der Waals surface area contributed by atoms with Crippen molar-refractivity contribution in [1.82, 2.24) is 4.98 Å². The minimum absolute atomic E-state index is 0.173. The van der Waals surface area contributed by atoms with E-state index in [4.69, 9.17) is 4.42 Å². The highest BCUT2D eigenvalue weighted by Crippen LogP contribution is 2.22. The second-order valence-corrected chi connectivity index (χ2v) is 4.44. The van der Waals surface area contributed by atoms with Gasteiger partial charge in [-0.15, -0.1) is 0 Å². The van der Waals surface area contributed by atoms with Gasteiger partial charge in [-0.25, -0.2) is 0 Å². The number of aromatic amines is 1. The average Bonchev–Trinajstić information content (AvgIpc) is 2.97. The lowest BCUT2D eigenvalue weighted by Gasteiger charge is -2.06. The SMILES string of the molecule is O=C(Nc1cccc2[nH]c(=O)ccc12)c1ccc([N+](=O)[O-])o1. The maximum absolute atomic E-state index is 12.1. The van der Waals surface area contributed by atoms with Crippen LogP contribution in [0.5, 0.6) is 0 Å². The molecule has 0 fully saturated rings. The van der Waals surface area contributed by atoms with Crippen molar-refractivity contribution in [2.24, 2.45) is 0 Å². The summed E-state index contributed by atoms with van der Waals surface area (Å²) in [5.74, 6) is -1.30. The van der Waals surface area contributed by atoms with Crippen LogP contribution in [0, 0.1) is 10.1 Å². The third-order valence-corrected chi connectivity index (χ3v) is 3.01. The molecule has 0 saturated carbocycles. The molecule has 8 heteroatoms. The van der Waals surface area contributed by atoms with Gasteiger partial charge in [0.1, 0.15) is 4.92 Å². The molecule has 0 spiro atoms. The number of furan rings is 1. The number of nitro groups is 1. The Morgan fingerprint density at radius 1 is 1.18 bits per heavy atom. The van der Waals surface area contributed by atoms with Gasteiger partial charge in [-0.2, -0.15) is 0 Å². The van der Waals surface area contributed by atoms with Crippen LogP contribution in [0.25, 0.3) is 10.9 Å². The summed E-state index contributed by atoms with van der Waals surface area (Å²) < 4.78 is 4.84. The molecule has 0 aliphatic carbocycles. The molecule has 3 rings (SSSR count). The summed E-state index contributed by atoms with van der Waals surface area (Å²) in [5.41, 5.74) is 0.770. The van der Waals surface area contributed by atoms with Gasteiger partial charge in [-0.05, 0) is 24.3 Å². The Hall–Kier alpha value is -3.42. The second kappa shape index (κ2) is 5.17. The van der Waals surface area contributed by atoms with Gasteiger partial charge in [0.2, 0.25) is 5.56 Å².